The smallest absolute Gasteiger partial charge is 0.0490 e. The molecule has 0 atom stereocenters. The lowest BCUT2D eigenvalue weighted by molar-refractivity contribution is 0.847. The van der Waals surface area contributed by atoms with Gasteiger partial charge in [-0.2, -0.15) is 0 Å². The zero-order valence-electron chi connectivity index (χ0n) is 8.45. The van der Waals surface area contributed by atoms with Crippen molar-refractivity contribution in [1.82, 2.24) is 0 Å². The molecule has 1 radical (unpaired) electrons. The highest BCUT2D eigenvalue weighted by molar-refractivity contribution is 7.80. The maximum absolute atomic E-state index is 5.47. The van der Waals surface area contributed by atoms with E-state index in [0.29, 0.717) is 5.92 Å². The minimum atomic E-state index is 0.507. The van der Waals surface area contributed by atoms with E-state index in [0.717, 1.165) is 4.90 Å². The summed E-state index contributed by atoms with van der Waals surface area (Å²) in [6.07, 6.45) is 0. The van der Waals surface area contributed by atoms with Crippen LogP contribution < -0.4 is 0 Å². The van der Waals surface area contributed by atoms with Gasteiger partial charge in [0.15, 0.2) is 0 Å². The second kappa shape index (κ2) is 3.58. The van der Waals surface area contributed by atoms with Crippen molar-refractivity contribution >= 4 is 23.4 Å². The topological polar surface area (TPSA) is 0 Å². The standard InChI is InChI=1S/C13H13S/c1-9(2)11-8-7-10-5-3-4-6-12(10)13(11)14/h3-9H,1-2H3. The largest absolute Gasteiger partial charge is 0.0791 e. The van der Waals surface area contributed by atoms with E-state index in [9.17, 15) is 0 Å². The first-order valence-electron chi connectivity index (χ1n) is 4.89. The highest BCUT2D eigenvalue weighted by atomic mass is 32.1. The predicted octanol–water partition coefficient (Wildman–Crippen LogP) is 4.52. The van der Waals surface area contributed by atoms with Crippen molar-refractivity contribution in [3.8, 4) is 0 Å². The second-order valence-corrected chi connectivity index (χ2v) is 4.27. The number of hydrogen-bond donors (Lipinski definition) is 0. The Morgan fingerprint density at radius 2 is 1.71 bits per heavy atom. The van der Waals surface area contributed by atoms with Crippen molar-refractivity contribution in [2.24, 2.45) is 0 Å². The number of fused-ring (bicyclic) bond motifs is 1. The van der Waals surface area contributed by atoms with Gasteiger partial charge in [-0.3, -0.25) is 0 Å². The number of benzene rings is 2. The van der Waals surface area contributed by atoms with Crippen LogP contribution in [0.3, 0.4) is 0 Å². The molecule has 71 valence electrons. The van der Waals surface area contributed by atoms with Crippen LogP contribution >= 0.6 is 12.6 Å². The van der Waals surface area contributed by atoms with Gasteiger partial charge in [0.2, 0.25) is 0 Å². The average Bonchev–Trinajstić information content (AvgIpc) is 2.18. The summed E-state index contributed by atoms with van der Waals surface area (Å²) in [6, 6.07) is 12.6. The maximum atomic E-state index is 5.47. The monoisotopic (exact) mass is 201 g/mol. The summed E-state index contributed by atoms with van der Waals surface area (Å²) in [6.45, 7) is 4.36. The first-order valence-corrected chi connectivity index (χ1v) is 5.29. The molecular weight excluding hydrogens is 188 g/mol. The molecule has 0 saturated carbocycles. The van der Waals surface area contributed by atoms with Crippen LogP contribution in [0.4, 0.5) is 0 Å². The molecule has 2 aromatic rings. The fourth-order valence-corrected chi connectivity index (χ4v) is 2.20. The van der Waals surface area contributed by atoms with E-state index in [1.165, 1.54) is 16.3 Å². The van der Waals surface area contributed by atoms with E-state index < -0.39 is 0 Å². The molecule has 0 nitrogen and oxygen atoms in total. The number of rotatable bonds is 1. The third kappa shape index (κ3) is 1.48. The summed E-state index contributed by atoms with van der Waals surface area (Å²) in [7, 11) is 0. The van der Waals surface area contributed by atoms with E-state index in [-0.39, 0.29) is 0 Å². The van der Waals surface area contributed by atoms with Gasteiger partial charge in [0.05, 0.1) is 0 Å². The van der Waals surface area contributed by atoms with E-state index in [1.54, 1.807) is 0 Å². The van der Waals surface area contributed by atoms with Gasteiger partial charge in [0.25, 0.3) is 0 Å². The highest BCUT2D eigenvalue weighted by Crippen LogP contribution is 2.29. The normalized spacial score (nSPS) is 11.1. The zero-order valence-corrected chi connectivity index (χ0v) is 9.27. The lowest BCUT2D eigenvalue weighted by atomic mass is 9.99. The summed E-state index contributed by atoms with van der Waals surface area (Å²) in [4.78, 5) is 1.01. The van der Waals surface area contributed by atoms with Gasteiger partial charge < -0.3 is 0 Å². The molecule has 0 aromatic heterocycles. The molecule has 0 aliphatic rings. The summed E-state index contributed by atoms with van der Waals surface area (Å²) < 4.78 is 0. The third-order valence-corrected chi connectivity index (χ3v) is 2.99. The molecule has 0 unspecified atom stereocenters. The molecule has 2 aromatic carbocycles. The lowest BCUT2D eigenvalue weighted by Crippen LogP contribution is -1.89. The third-order valence-electron chi connectivity index (χ3n) is 2.53. The molecule has 0 fully saturated rings. The summed E-state index contributed by atoms with van der Waals surface area (Å²) in [5, 5.41) is 2.44. The second-order valence-electron chi connectivity index (χ2n) is 3.86. The highest BCUT2D eigenvalue weighted by Gasteiger charge is 2.07. The Hall–Kier alpha value is -1.08. The predicted molar refractivity (Wildman–Crippen MR) is 63.9 cm³/mol. The van der Waals surface area contributed by atoms with Gasteiger partial charge in [0, 0.05) is 10.3 Å². The fourth-order valence-electron chi connectivity index (χ4n) is 1.71. The average molecular weight is 201 g/mol. The Balaban J connectivity index is 2.75. The van der Waals surface area contributed by atoms with E-state index in [1.807, 2.05) is 12.1 Å². The molecule has 0 N–H and O–H groups in total. The van der Waals surface area contributed by atoms with Crippen molar-refractivity contribution in [1.29, 1.82) is 0 Å². The van der Waals surface area contributed by atoms with Crippen molar-refractivity contribution in [3.05, 3.63) is 42.0 Å². The molecule has 0 spiro atoms. The van der Waals surface area contributed by atoms with Gasteiger partial charge in [-0.05, 0) is 16.9 Å². The van der Waals surface area contributed by atoms with Crippen molar-refractivity contribution in [3.63, 3.8) is 0 Å². The molecule has 0 saturated heterocycles. The van der Waals surface area contributed by atoms with Crippen molar-refractivity contribution in [2.75, 3.05) is 0 Å². The van der Waals surface area contributed by atoms with Crippen LogP contribution in [0.5, 0.6) is 0 Å². The minimum absolute atomic E-state index is 0.507. The van der Waals surface area contributed by atoms with Gasteiger partial charge in [0.1, 0.15) is 0 Å². The first kappa shape index (κ1) is 9.47. The molecular formula is C13H13S. The molecule has 0 heterocycles. The van der Waals surface area contributed by atoms with Crippen LogP contribution in [0.1, 0.15) is 25.3 Å². The lowest BCUT2D eigenvalue weighted by Gasteiger charge is -2.10. The Kier molecular flexibility index (Phi) is 2.42. The Labute approximate surface area is 90.4 Å². The molecule has 0 aliphatic carbocycles. The fraction of sp³-hybridized carbons (Fsp3) is 0.231. The Morgan fingerprint density at radius 3 is 2.43 bits per heavy atom. The van der Waals surface area contributed by atoms with Gasteiger partial charge >= 0.3 is 0 Å². The maximum Gasteiger partial charge on any atom is 0.0490 e. The molecule has 0 amide bonds. The van der Waals surface area contributed by atoms with Gasteiger partial charge in [-0.15, -0.1) is 0 Å². The quantitative estimate of drug-likeness (QED) is 0.636. The summed E-state index contributed by atoms with van der Waals surface area (Å²) >= 11 is 5.47. The van der Waals surface area contributed by atoms with Crippen LogP contribution in [-0.4, -0.2) is 0 Å². The molecule has 14 heavy (non-hydrogen) atoms. The van der Waals surface area contributed by atoms with E-state index in [2.05, 4.69) is 38.1 Å². The van der Waals surface area contributed by atoms with Gasteiger partial charge in [-0.1, -0.05) is 62.9 Å². The molecule has 1 heteroatoms. The number of hydrogen-bond acceptors (Lipinski definition) is 0. The van der Waals surface area contributed by atoms with E-state index in [4.69, 9.17) is 12.6 Å². The van der Waals surface area contributed by atoms with E-state index >= 15 is 0 Å². The minimum Gasteiger partial charge on any atom is -0.0791 e. The molecule has 2 rings (SSSR count). The van der Waals surface area contributed by atoms with Crippen LogP contribution in [0.2, 0.25) is 0 Å². The van der Waals surface area contributed by atoms with Crippen LogP contribution in [0, 0.1) is 0 Å². The summed E-state index contributed by atoms with van der Waals surface area (Å²) in [5.41, 5.74) is 1.28. The Morgan fingerprint density at radius 1 is 1.00 bits per heavy atom. The molecule has 0 aliphatic heterocycles. The van der Waals surface area contributed by atoms with Crippen molar-refractivity contribution in [2.45, 2.75) is 24.7 Å². The molecule has 0 bridgehead atoms. The zero-order chi connectivity index (χ0) is 10.1. The SMILES string of the molecule is CC(C)c1ccc2ccccc2c1[S]. The Bertz CT molecular complexity index is 458. The van der Waals surface area contributed by atoms with Gasteiger partial charge in [-0.25, -0.2) is 0 Å². The van der Waals surface area contributed by atoms with Crippen LogP contribution in [0.25, 0.3) is 10.8 Å². The van der Waals surface area contributed by atoms with Crippen molar-refractivity contribution < 1.29 is 0 Å². The van der Waals surface area contributed by atoms with Crippen LogP contribution in [0.15, 0.2) is 41.3 Å². The summed E-state index contributed by atoms with van der Waals surface area (Å²) in [5.74, 6) is 0.507. The first-order chi connectivity index (χ1) is 6.70. The van der Waals surface area contributed by atoms with Crippen LogP contribution in [-0.2, 0) is 0 Å².